The van der Waals surface area contributed by atoms with E-state index < -0.39 is 5.60 Å². The molecule has 2 unspecified atom stereocenters. The quantitative estimate of drug-likeness (QED) is 0.177. The van der Waals surface area contributed by atoms with Gasteiger partial charge in [0.2, 0.25) is 11.8 Å². The van der Waals surface area contributed by atoms with Crippen molar-refractivity contribution in [1.29, 1.82) is 0 Å². The Hall–Kier alpha value is -4.42. The minimum Gasteiger partial charge on any atom is -0.496 e. The molecule has 2 atom stereocenters. The molecule has 0 radical (unpaired) electrons. The lowest BCUT2D eigenvalue weighted by Crippen LogP contribution is -2.48. The van der Waals surface area contributed by atoms with Crippen molar-refractivity contribution in [2.75, 3.05) is 53.2 Å². The highest BCUT2D eigenvalue weighted by atomic mass is 16.6. The van der Waals surface area contributed by atoms with Crippen molar-refractivity contribution in [3.63, 3.8) is 0 Å². The topological polar surface area (TPSA) is 131 Å². The summed E-state index contributed by atoms with van der Waals surface area (Å²) >= 11 is 0. The van der Waals surface area contributed by atoms with Crippen molar-refractivity contribution in [1.82, 2.24) is 20.2 Å². The second-order valence-electron chi connectivity index (χ2n) is 13.2. The molecule has 1 aromatic heterocycles. The number of benzene rings is 2. The Morgan fingerprint density at radius 1 is 0.980 bits per heavy atom. The van der Waals surface area contributed by atoms with Gasteiger partial charge in [-0.1, -0.05) is 30.3 Å². The van der Waals surface area contributed by atoms with Crippen LogP contribution in [0.2, 0.25) is 0 Å². The van der Waals surface area contributed by atoms with Crippen LogP contribution in [0.15, 0.2) is 54.7 Å². The largest absolute Gasteiger partial charge is 0.496 e. The van der Waals surface area contributed by atoms with Gasteiger partial charge in [-0.05, 0) is 64.3 Å². The van der Waals surface area contributed by atoms with E-state index in [9.17, 15) is 9.59 Å². The molecule has 4 rings (SSSR count). The summed E-state index contributed by atoms with van der Waals surface area (Å²) in [5.41, 5.74) is 2.34. The molecule has 1 N–H and O–H groups in total. The van der Waals surface area contributed by atoms with Crippen LogP contribution in [0, 0.1) is 6.92 Å². The fourth-order valence-electron chi connectivity index (χ4n) is 5.61. The lowest BCUT2D eigenvalue weighted by atomic mass is 9.87. The highest BCUT2D eigenvalue weighted by Gasteiger charge is 2.35. The highest BCUT2D eigenvalue weighted by molar-refractivity contribution is 5.72. The van der Waals surface area contributed by atoms with E-state index in [4.69, 9.17) is 28.4 Å². The van der Waals surface area contributed by atoms with Crippen LogP contribution < -0.4 is 19.5 Å². The molecule has 50 heavy (non-hydrogen) atoms. The third-order valence-corrected chi connectivity index (χ3v) is 8.04. The van der Waals surface area contributed by atoms with E-state index in [1.807, 2.05) is 57.2 Å². The van der Waals surface area contributed by atoms with Crippen LogP contribution in [-0.4, -0.2) is 91.7 Å². The Bertz CT molecular complexity index is 1510. The van der Waals surface area contributed by atoms with Crippen LogP contribution in [-0.2, 0) is 32.0 Å². The molecular weight excluding hydrogens is 640 g/mol. The number of methoxy groups -OCH3 is 1. The molecule has 0 saturated carbocycles. The number of aryl methyl sites for hydroxylation is 1. The van der Waals surface area contributed by atoms with Gasteiger partial charge in [0.05, 0.1) is 46.2 Å². The predicted molar refractivity (Wildman–Crippen MR) is 189 cm³/mol. The second kappa shape index (κ2) is 19.1. The lowest BCUT2D eigenvalue weighted by Gasteiger charge is -2.39. The van der Waals surface area contributed by atoms with Crippen LogP contribution in [0.25, 0.3) is 0 Å². The average Bonchev–Trinajstić information content (AvgIpc) is 3.08. The molecule has 1 saturated heterocycles. The van der Waals surface area contributed by atoms with Crippen LogP contribution in [0.1, 0.15) is 69.0 Å². The minimum atomic E-state index is -0.594. The Kier molecular flexibility index (Phi) is 14.7. The van der Waals surface area contributed by atoms with E-state index >= 15 is 0 Å². The number of carbonyl (C=O) groups excluding carboxylic acids is 2. The zero-order valence-electron chi connectivity index (χ0n) is 30.2. The third kappa shape index (κ3) is 12.5. The lowest BCUT2D eigenvalue weighted by molar-refractivity contribution is -0.118. The van der Waals surface area contributed by atoms with Crippen molar-refractivity contribution < 1.29 is 38.0 Å². The number of hydrogen-bond acceptors (Lipinski definition) is 10. The molecule has 1 fully saturated rings. The molecule has 1 aliphatic heterocycles. The minimum absolute atomic E-state index is 0.0561. The van der Waals surface area contributed by atoms with Crippen molar-refractivity contribution in [3.8, 4) is 17.4 Å². The standard InChI is InChI=1S/C38H52N4O8/c1-27-40-24-30(16-18-39-28(2)43)36(41-27)49-23-22-48-35-25-42(37(44)50-38(3,4)5)19-17-33(35)29-12-14-32(15-13-29)47-21-9-20-46-26-31-10-7-8-11-34(31)45-6/h7-8,10-15,24,33,35H,9,16-23,25-26H2,1-6H3,(H,39,43). The molecule has 12 heteroatoms. The Morgan fingerprint density at radius 2 is 1.76 bits per heavy atom. The van der Waals surface area contributed by atoms with Crippen molar-refractivity contribution in [2.45, 2.75) is 78.1 Å². The maximum absolute atomic E-state index is 13.0. The van der Waals surface area contributed by atoms with Crippen LogP contribution in [0.3, 0.4) is 0 Å². The summed E-state index contributed by atoms with van der Waals surface area (Å²) < 4.78 is 35.3. The van der Waals surface area contributed by atoms with Gasteiger partial charge in [0.15, 0.2) is 0 Å². The first kappa shape index (κ1) is 38.4. The summed E-state index contributed by atoms with van der Waals surface area (Å²) in [6.45, 7) is 12.4. The molecular formula is C38H52N4O8. The molecule has 272 valence electrons. The molecule has 12 nitrogen and oxygen atoms in total. The molecule has 2 amide bonds. The van der Waals surface area contributed by atoms with Gasteiger partial charge in [0.1, 0.15) is 29.5 Å². The molecule has 3 aromatic rings. The summed E-state index contributed by atoms with van der Waals surface area (Å²) in [4.78, 5) is 34.7. The van der Waals surface area contributed by atoms with E-state index in [1.165, 1.54) is 6.92 Å². The second-order valence-corrected chi connectivity index (χ2v) is 13.2. The maximum atomic E-state index is 13.0. The van der Waals surface area contributed by atoms with E-state index in [2.05, 4.69) is 27.4 Å². The number of piperidine rings is 1. The summed E-state index contributed by atoms with van der Waals surface area (Å²) in [5, 5.41) is 2.79. The summed E-state index contributed by atoms with van der Waals surface area (Å²) in [6, 6.07) is 15.9. The van der Waals surface area contributed by atoms with Gasteiger partial charge in [-0.15, -0.1) is 0 Å². The number of rotatable bonds is 17. The number of carbonyl (C=O) groups is 2. The number of aromatic nitrogens is 2. The van der Waals surface area contributed by atoms with Crippen molar-refractivity contribution >= 4 is 12.0 Å². The number of ether oxygens (including phenoxy) is 6. The smallest absolute Gasteiger partial charge is 0.410 e. The van der Waals surface area contributed by atoms with Crippen molar-refractivity contribution in [2.24, 2.45) is 0 Å². The van der Waals surface area contributed by atoms with Crippen LogP contribution in [0.4, 0.5) is 4.79 Å². The normalized spacial score (nSPS) is 16.1. The number of nitrogens with one attached hydrogen (secondary N) is 1. The number of amides is 2. The summed E-state index contributed by atoms with van der Waals surface area (Å²) in [6.07, 6.45) is 3.11. The molecule has 1 aliphatic rings. The maximum Gasteiger partial charge on any atom is 0.410 e. The molecule has 2 heterocycles. The average molecular weight is 693 g/mol. The fourth-order valence-corrected chi connectivity index (χ4v) is 5.61. The monoisotopic (exact) mass is 692 g/mol. The van der Waals surface area contributed by atoms with Gasteiger partial charge in [-0.2, -0.15) is 4.98 Å². The number of likely N-dealkylation sites (tertiary alicyclic amines) is 1. The van der Waals surface area contributed by atoms with Gasteiger partial charge >= 0.3 is 6.09 Å². The van der Waals surface area contributed by atoms with Gasteiger partial charge in [-0.3, -0.25) is 4.79 Å². The van der Waals surface area contributed by atoms with Gasteiger partial charge in [-0.25, -0.2) is 9.78 Å². The van der Waals surface area contributed by atoms with Gasteiger partial charge in [0.25, 0.3) is 0 Å². The number of nitrogens with zero attached hydrogens (tertiary/aromatic N) is 3. The van der Waals surface area contributed by atoms with E-state index in [-0.39, 0.29) is 37.2 Å². The predicted octanol–water partition coefficient (Wildman–Crippen LogP) is 5.65. The fraction of sp³-hybridized carbons (Fsp3) is 0.526. The number of hydrogen-bond donors (Lipinski definition) is 1. The zero-order chi connectivity index (χ0) is 35.9. The first-order valence-corrected chi connectivity index (χ1v) is 17.2. The van der Waals surface area contributed by atoms with Crippen LogP contribution in [0.5, 0.6) is 17.4 Å². The Balaban J connectivity index is 1.31. The van der Waals surface area contributed by atoms with Gasteiger partial charge in [0, 0.05) is 49.7 Å². The SMILES string of the molecule is COc1ccccc1COCCCOc1ccc(C2CCN(C(=O)OC(C)(C)C)CC2OCCOc2nc(C)ncc2CCNC(C)=O)cc1. The molecule has 0 spiro atoms. The zero-order valence-corrected chi connectivity index (χ0v) is 30.2. The van der Waals surface area contributed by atoms with Gasteiger partial charge < -0.3 is 38.6 Å². The van der Waals surface area contributed by atoms with Crippen LogP contribution >= 0.6 is 0 Å². The highest BCUT2D eigenvalue weighted by Crippen LogP contribution is 2.32. The summed E-state index contributed by atoms with van der Waals surface area (Å²) in [7, 11) is 1.66. The first-order valence-electron chi connectivity index (χ1n) is 17.2. The summed E-state index contributed by atoms with van der Waals surface area (Å²) in [5.74, 6) is 2.63. The third-order valence-electron chi connectivity index (χ3n) is 8.04. The van der Waals surface area contributed by atoms with Crippen molar-refractivity contribution in [3.05, 3.63) is 77.2 Å². The Morgan fingerprint density at radius 3 is 2.50 bits per heavy atom. The molecule has 0 aliphatic carbocycles. The first-order chi connectivity index (χ1) is 24.0. The van der Waals surface area contributed by atoms with E-state index in [0.717, 1.165) is 34.6 Å². The van der Waals surface area contributed by atoms with E-state index in [0.29, 0.717) is 64.0 Å². The molecule has 0 bridgehead atoms. The molecule has 2 aromatic carbocycles. The van der Waals surface area contributed by atoms with E-state index in [1.54, 1.807) is 25.1 Å². The Labute approximate surface area is 295 Å². The number of para-hydroxylation sites is 1.